The van der Waals surface area contributed by atoms with Crippen LogP contribution in [0.3, 0.4) is 0 Å². The summed E-state index contributed by atoms with van der Waals surface area (Å²) in [6.45, 7) is 3.34. The molecule has 1 unspecified atom stereocenters. The first-order chi connectivity index (χ1) is 5.63. The van der Waals surface area contributed by atoms with Crippen LogP contribution >= 0.6 is 11.3 Å². The largest absolute Gasteiger partial charge is 0.328 e. The average molecular weight is 188 g/mol. The highest BCUT2D eigenvalue weighted by Crippen LogP contribution is 2.19. The van der Waals surface area contributed by atoms with E-state index >= 15 is 0 Å². The van der Waals surface area contributed by atoms with Crippen LogP contribution in [0.4, 0.5) is 4.39 Å². The molecule has 0 amide bonds. The van der Waals surface area contributed by atoms with Crippen molar-refractivity contribution >= 4 is 11.3 Å². The van der Waals surface area contributed by atoms with Gasteiger partial charge in [-0.2, -0.15) is 0 Å². The van der Waals surface area contributed by atoms with Gasteiger partial charge in [0.25, 0.3) is 0 Å². The van der Waals surface area contributed by atoms with Crippen LogP contribution in [0.2, 0.25) is 0 Å². The van der Waals surface area contributed by atoms with E-state index in [9.17, 15) is 4.39 Å². The predicted molar refractivity (Wildman–Crippen MR) is 49.0 cm³/mol. The maximum atomic E-state index is 12.3. The first-order valence-electron chi connectivity index (χ1n) is 3.90. The molecule has 0 aliphatic carbocycles. The molecule has 1 aromatic rings. The first-order valence-corrected chi connectivity index (χ1v) is 4.72. The molecule has 1 rings (SSSR count). The lowest BCUT2D eigenvalue weighted by Gasteiger charge is -1.98. The summed E-state index contributed by atoms with van der Waals surface area (Å²) in [5, 5.41) is 0.940. The molecule has 68 valence electrons. The summed E-state index contributed by atoms with van der Waals surface area (Å²) in [6, 6.07) is 0.100. The summed E-state index contributed by atoms with van der Waals surface area (Å²) in [5.74, 6) is 0. The van der Waals surface area contributed by atoms with Crippen LogP contribution in [-0.4, -0.2) is 11.0 Å². The van der Waals surface area contributed by atoms with Gasteiger partial charge in [-0.1, -0.05) is 0 Å². The lowest BCUT2D eigenvalue weighted by Crippen LogP contribution is -2.17. The molecule has 1 heterocycles. The molecule has 0 aliphatic rings. The van der Waals surface area contributed by atoms with Crippen LogP contribution in [-0.2, 0) is 13.1 Å². The zero-order chi connectivity index (χ0) is 9.14. The lowest BCUT2D eigenvalue weighted by atomic mass is 10.3. The Balaban J connectivity index is 2.75. The fraction of sp³-hybridized carbons (Fsp3) is 0.625. The topological polar surface area (TPSA) is 38.9 Å². The van der Waals surface area contributed by atoms with Crippen LogP contribution in [0, 0.1) is 6.92 Å². The van der Waals surface area contributed by atoms with Gasteiger partial charge in [0, 0.05) is 12.5 Å². The summed E-state index contributed by atoms with van der Waals surface area (Å²) in [6.07, 6.45) is 0.742. The molecule has 0 bridgehead atoms. The number of alkyl halides is 1. The number of nitrogens with zero attached hydrogens (tertiary/aromatic N) is 1. The Bertz CT molecular complexity index is 258. The summed E-state index contributed by atoms with van der Waals surface area (Å²) >= 11 is 1.42. The average Bonchev–Trinajstić information content (AvgIpc) is 2.29. The number of thiazole rings is 1. The van der Waals surface area contributed by atoms with Gasteiger partial charge in [0.1, 0.15) is 6.67 Å². The van der Waals surface area contributed by atoms with E-state index in [1.54, 1.807) is 0 Å². The Labute approximate surface area is 75.6 Å². The molecule has 0 fully saturated rings. The second kappa shape index (κ2) is 3.96. The number of rotatable bonds is 3. The summed E-state index contributed by atoms with van der Waals surface area (Å²) in [7, 11) is 0. The minimum atomic E-state index is -0.414. The van der Waals surface area contributed by atoms with E-state index in [0.29, 0.717) is 0 Å². The Morgan fingerprint density at radius 2 is 2.33 bits per heavy atom. The van der Waals surface area contributed by atoms with E-state index in [1.807, 2.05) is 13.8 Å². The Morgan fingerprint density at radius 3 is 2.75 bits per heavy atom. The summed E-state index contributed by atoms with van der Waals surface area (Å²) in [4.78, 5) is 4.95. The molecule has 0 saturated heterocycles. The van der Waals surface area contributed by atoms with Crippen molar-refractivity contribution in [3.05, 3.63) is 15.6 Å². The molecule has 12 heavy (non-hydrogen) atoms. The fourth-order valence-electron chi connectivity index (χ4n) is 0.975. The van der Waals surface area contributed by atoms with E-state index in [4.69, 9.17) is 5.73 Å². The van der Waals surface area contributed by atoms with Crippen molar-refractivity contribution in [1.29, 1.82) is 0 Å². The third-order valence-electron chi connectivity index (χ3n) is 1.55. The Hall–Kier alpha value is -0.480. The molecule has 0 saturated carbocycles. The highest BCUT2D eigenvalue weighted by molar-refractivity contribution is 7.11. The molecule has 2 N–H and O–H groups in total. The highest BCUT2D eigenvalue weighted by atomic mass is 32.1. The van der Waals surface area contributed by atoms with Crippen molar-refractivity contribution in [3.8, 4) is 0 Å². The molecule has 1 aromatic heterocycles. The third kappa shape index (κ3) is 2.25. The smallest absolute Gasteiger partial charge is 0.126 e. The molecule has 0 aliphatic heterocycles. The van der Waals surface area contributed by atoms with Crippen molar-refractivity contribution in [2.24, 2.45) is 5.73 Å². The van der Waals surface area contributed by atoms with Crippen molar-refractivity contribution in [2.45, 2.75) is 33.0 Å². The highest BCUT2D eigenvalue weighted by Gasteiger charge is 2.07. The summed E-state index contributed by atoms with van der Waals surface area (Å²) < 4.78 is 12.3. The number of aryl methyl sites for hydroxylation is 1. The molecule has 1 atom stereocenters. The van der Waals surface area contributed by atoms with Crippen molar-refractivity contribution < 1.29 is 4.39 Å². The second-order valence-corrected chi connectivity index (χ2v) is 4.10. The van der Waals surface area contributed by atoms with Gasteiger partial charge in [-0.25, -0.2) is 9.37 Å². The minimum Gasteiger partial charge on any atom is -0.328 e. The molecule has 4 heteroatoms. The van der Waals surface area contributed by atoms with Crippen molar-refractivity contribution in [2.75, 3.05) is 0 Å². The van der Waals surface area contributed by atoms with Gasteiger partial charge in [0.2, 0.25) is 0 Å². The quantitative estimate of drug-likeness (QED) is 0.785. The maximum Gasteiger partial charge on any atom is 0.126 e. The SMILES string of the molecule is Cc1nc(CC(C)N)sc1CF. The zero-order valence-corrected chi connectivity index (χ0v) is 8.12. The van der Waals surface area contributed by atoms with E-state index in [-0.39, 0.29) is 6.04 Å². The third-order valence-corrected chi connectivity index (χ3v) is 2.70. The Morgan fingerprint density at radius 1 is 1.67 bits per heavy atom. The molecule has 2 nitrogen and oxygen atoms in total. The minimum absolute atomic E-state index is 0.100. The van der Waals surface area contributed by atoms with E-state index in [0.717, 1.165) is 22.0 Å². The molecular weight excluding hydrogens is 175 g/mol. The second-order valence-electron chi connectivity index (χ2n) is 2.93. The van der Waals surface area contributed by atoms with Gasteiger partial charge in [0.05, 0.1) is 15.6 Å². The van der Waals surface area contributed by atoms with Crippen LogP contribution in [0.5, 0.6) is 0 Å². The number of nitrogens with two attached hydrogens (primary N) is 1. The Kier molecular flexibility index (Phi) is 3.17. The van der Waals surface area contributed by atoms with E-state index < -0.39 is 6.67 Å². The number of halogens is 1. The fourth-order valence-corrected chi connectivity index (χ4v) is 2.04. The van der Waals surface area contributed by atoms with E-state index in [1.165, 1.54) is 11.3 Å². The number of aromatic nitrogens is 1. The van der Waals surface area contributed by atoms with Crippen molar-refractivity contribution in [1.82, 2.24) is 4.98 Å². The number of hydrogen-bond acceptors (Lipinski definition) is 3. The van der Waals surface area contributed by atoms with Gasteiger partial charge >= 0.3 is 0 Å². The molecule has 0 aromatic carbocycles. The van der Waals surface area contributed by atoms with Crippen LogP contribution in [0.15, 0.2) is 0 Å². The predicted octanol–water partition coefficient (Wildman–Crippen LogP) is 1.81. The van der Waals surface area contributed by atoms with Crippen LogP contribution in [0.25, 0.3) is 0 Å². The van der Waals surface area contributed by atoms with Crippen LogP contribution < -0.4 is 5.73 Å². The first kappa shape index (κ1) is 9.61. The van der Waals surface area contributed by atoms with Crippen LogP contribution in [0.1, 0.15) is 22.5 Å². The summed E-state index contributed by atoms with van der Waals surface area (Å²) in [5.41, 5.74) is 6.40. The van der Waals surface area contributed by atoms with Gasteiger partial charge in [-0.05, 0) is 13.8 Å². The monoisotopic (exact) mass is 188 g/mol. The van der Waals surface area contributed by atoms with E-state index in [2.05, 4.69) is 4.98 Å². The van der Waals surface area contributed by atoms with Gasteiger partial charge in [0.15, 0.2) is 0 Å². The van der Waals surface area contributed by atoms with Gasteiger partial charge < -0.3 is 5.73 Å². The standard InChI is InChI=1S/C8H13FN2S/c1-5(10)3-8-11-6(2)7(4-9)12-8/h5H,3-4,10H2,1-2H3. The molecular formula is C8H13FN2S. The lowest BCUT2D eigenvalue weighted by molar-refractivity contribution is 0.489. The normalized spacial score (nSPS) is 13.3. The van der Waals surface area contributed by atoms with Gasteiger partial charge in [-0.3, -0.25) is 0 Å². The van der Waals surface area contributed by atoms with Gasteiger partial charge in [-0.15, -0.1) is 11.3 Å². The zero-order valence-electron chi connectivity index (χ0n) is 7.30. The number of hydrogen-bond donors (Lipinski definition) is 1. The molecule has 0 spiro atoms. The molecule has 0 radical (unpaired) electrons. The van der Waals surface area contributed by atoms with Crippen molar-refractivity contribution in [3.63, 3.8) is 0 Å². The maximum absolute atomic E-state index is 12.3.